The Labute approximate surface area is 151 Å². The molecule has 0 atom stereocenters. The van der Waals surface area contributed by atoms with Crippen LogP contribution < -0.4 is 4.74 Å². The van der Waals surface area contributed by atoms with Crippen molar-refractivity contribution >= 4 is 9.84 Å². The smallest absolute Gasteiger partial charge is 0.210 e. The van der Waals surface area contributed by atoms with Crippen molar-refractivity contribution in [3.8, 4) is 5.75 Å². The average molecular weight is 362 g/mol. The van der Waals surface area contributed by atoms with Crippen molar-refractivity contribution in [2.75, 3.05) is 27.2 Å². The van der Waals surface area contributed by atoms with E-state index in [-0.39, 0.29) is 4.90 Å². The summed E-state index contributed by atoms with van der Waals surface area (Å²) in [6.07, 6.45) is 3.08. The number of hydrogen-bond donors (Lipinski definition) is 0. The molecule has 0 bridgehead atoms. The van der Waals surface area contributed by atoms with Crippen LogP contribution in [0.1, 0.15) is 24.8 Å². The van der Waals surface area contributed by atoms with E-state index in [1.807, 2.05) is 6.07 Å². The van der Waals surface area contributed by atoms with Gasteiger partial charge < -0.3 is 9.64 Å². The minimum atomic E-state index is -3.59. The van der Waals surface area contributed by atoms with Crippen LogP contribution in [0.4, 0.5) is 0 Å². The first-order chi connectivity index (χ1) is 11.9. The van der Waals surface area contributed by atoms with Gasteiger partial charge in [0.05, 0.1) is 11.5 Å². The molecule has 2 aromatic rings. The maximum atomic E-state index is 13.0. The molecule has 0 amide bonds. The highest BCUT2D eigenvalue weighted by atomic mass is 32.2. The molecular formula is C20H27NO3S. The number of para-hydroxylation sites is 1. The summed E-state index contributed by atoms with van der Waals surface area (Å²) in [6, 6.07) is 13.9. The van der Waals surface area contributed by atoms with Crippen molar-refractivity contribution in [3.63, 3.8) is 0 Å². The Balaban J connectivity index is 2.09. The average Bonchev–Trinajstić information content (AvgIpc) is 2.58. The minimum absolute atomic E-state index is 0.234. The second kappa shape index (κ2) is 9.02. The van der Waals surface area contributed by atoms with E-state index in [0.717, 1.165) is 31.4 Å². The van der Waals surface area contributed by atoms with E-state index < -0.39 is 9.84 Å². The number of benzene rings is 2. The standard InChI is InChI=1S/C20H27NO3S/c1-17-11-5-7-13-19(17)25(22,23)20-14-8-6-12-18(20)24-16-10-4-9-15-21(2)3/h5-8,11-14H,4,9-10,15-16H2,1-3H3. The Morgan fingerprint density at radius 2 is 1.52 bits per heavy atom. The molecule has 2 rings (SSSR count). The first-order valence-corrected chi connectivity index (χ1v) is 10.1. The zero-order chi connectivity index (χ0) is 18.3. The van der Waals surface area contributed by atoms with Gasteiger partial charge in [-0.15, -0.1) is 0 Å². The predicted octanol–water partition coefficient (Wildman–Crippen LogP) is 3.94. The van der Waals surface area contributed by atoms with Gasteiger partial charge in [0.2, 0.25) is 9.84 Å². The van der Waals surface area contributed by atoms with Crippen LogP contribution in [0.3, 0.4) is 0 Å². The summed E-state index contributed by atoms with van der Waals surface area (Å²) in [6.45, 7) is 3.38. The molecule has 4 nitrogen and oxygen atoms in total. The fourth-order valence-corrected chi connectivity index (χ4v) is 4.29. The van der Waals surface area contributed by atoms with Crippen LogP contribution in [0.2, 0.25) is 0 Å². The van der Waals surface area contributed by atoms with Crippen molar-refractivity contribution < 1.29 is 13.2 Å². The zero-order valence-electron chi connectivity index (χ0n) is 15.2. The molecule has 0 radical (unpaired) electrons. The molecule has 0 aliphatic heterocycles. The predicted molar refractivity (Wildman–Crippen MR) is 101 cm³/mol. The van der Waals surface area contributed by atoms with Gasteiger partial charge in [0, 0.05) is 0 Å². The van der Waals surface area contributed by atoms with Crippen molar-refractivity contribution in [1.82, 2.24) is 4.90 Å². The van der Waals surface area contributed by atoms with Crippen molar-refractivity contribution in [3.05, 3.63) is 54.1 Å². The van der Waals surface area contributed by atoms with E-state index in [4.69, 9.17) is 4.74 Å². The van der Waals surface area contributed by atoms with Crippen LogP contribution in [-0.4, -0.2) is 40.6 Å². The quantitative estimate of drug-likeness (QED) is 0.635. The second-order valence-electron chi connectivity index (χ2n) is 6.43. The number of rotatable bonds is 9. The number of unbranched alkanes of at least 4 members (excludes halogenated alkanes) is 2. The van der Waals surface area contributed by atoms with Gasteiger partial charge >= 0.3 is 0 Å². The molecule has 0 aliphatic rings. The van der Waals surface area contributed by atoms with Gasteiger partial charge in [-0.2, -0.15) is 0 Å². The molecule has 25 heavy (non-hydrogen) atoms. The maximum absolute atomic E-state index is 13.0. The molecule has 0 fully saturated rings. The normalized spacial score (nSPS) is 11.7. The number of nitrogens with zero attached hydrogens (tertiary/aromatic N) is 1. The van der Waals surface area contributed by atoms with Crippen molar-refractivity contribution in [2.45, 2.75) is 36.0 Å². The molecule has 0 aliphatic carbocycles. The Kier molecular flexibility index (Phi) is 7.02. The highest BCUT2D eigenvalue weighted by Crippen LogP contribution is 2.30. The molecule has 5 heteroatoms. The number of sulfone groups is 1. The number of aryl methyl sites for hydroxylation is 1. The summed E-state index contributed by atoms with van der Waals surface area (Å²) in [5, 5.41) is 0. The summed E-state index contributed by atoms with van der Waals surface area (Å²) in [5.41, 5.74) is 0.737. The molecule has 0 unspecified atom stereocenters. The van der Waals surface area contributed by atoms with E-state index >= 15 is 0 Å². The van der Waals surface area contributed by atoms with E-state index in [9.17, 15) is 8.42 Å². The lowest BCUT2D eigenvalue weighted by Crippen LogP contribution is -2.13. The summed E-state index contributed by atoms with van der Waals surface area (Å²) in [7, 11) is 0.527. The van der Waals surface area contributed by atoms with Gasteiger partial charge in [-0.3, -0.25) is 0 Å². The summed E-state index contributed by atoms with van der Waals surface area (Å²) in [4.78, 5) is 2.72. The number of hydrogen-bond acceptors (Lipinski definition) is 4. The van der Waals surface area contributed by atoms with Crippen LogP contribution in [0.5, 0.6) is 5.75 Å². The van der Waals surface area contributed by atoms with E-state index in [0.29, 0.717) is 17.3 Å². The second-order valence-corrected chi connectivity index (χ2v) is 8.31. The Hall–Kier alpha value is -1.85. The van der Waals surface area contributed by atoms with Gasteiger partial charge in [-0.05, 0) is 70.6 Å². The van der Waals surface area contributed by atoms with Gasteiger partial charge in [-0.25, -0.2) is 8.42 Å². The van der Waals surface area contributed by atoms with Crippen LogP contribution in [0.25, 0.3) is 0 Å². The van der Waals surface area contributed by atoms with Crippen molar-refractivity contribution in [2.24, 2.45) is 0 Å². The van der Waals surface area contributed by atoms with E-state index in [1.165, 1.54) is 0 Å². The van der Waals surface area contributed by atoms with E-state index in [1.54, 1.807) is 49.4 Å². The van der Waals surface area contributed by atoms with Crippen LogP contribution in [-0.2, 0) is 9.84 Å². The summed E-state index contributed by atoms with van der Waals surface area (Å²) >= 11 is 0. The Morgan fingerprint density at radius 3 is 2.20 bits per heavy atom. The maximum Gasteiger partial charge on any atom is 0.210 e. The van der Waals surface area contributed by atoms with Crippen LogP contribution in [0.15, 0.2) is 58.3 Å². The Morgan fingerprint density at radius 1 is 0.880 bits per heavy atom. The third-order valence-electron chi connectivity index (χ3n) is 4.03. The Bertz CT molecular complexity index is 785. The SMILES string of the molecule is Cc1ccccc1S(=O)(=O)c1ccccc1OCCCCCN(C)C. The highest BCUT2D eigenvalue weighted by Gasteiger charge is 2.23. The van der Waals surface area contributed by atoms with Gasteiger partial charge in [-0.1, -0.05) is 30.3 Å². The molecule has 0 N–H and O–H groups in total. The zero-order valence-corrected chi connectivity index (χ0v) is 16.1. The lowest BCUT2D eigenvalue weighted by atomic mass is 10.2. The topological polar surface area (TPSA) is 46.6 Å². The molecule has 0 spiro atoms. The molecule has 0 saturated carbocycles. The summed E-state index contributed by atoms with van der Waals surface area (Å²) < 4.78 is 31.8. The fraction of sp³-hybridized carbons (Fsp3) is 0.400. The first kappa shape index (κ1) is 19.5. The van der Waals surface area contributed by atoms with Gasteiger partial charge in [0.1, 0.15) is 10.6 Å². The van der Waals surface area contributed by atoms with Gasteiger partial charge in [0.25, 0.3) is 0 Å². The largest absolute Gasteiger partial charge is 0.492 e. The molecule has 0 aromatic heterocycles. The van der Waals surface area contributed by atoms with Crippen molar-refractivity contribution in [1.29, 1.82) is 0 Å². The fourth-order valence-electron chi connectivity index (χ4n) is 2.66. The number of ether oxygens (including phenoxy) is 1. The third-order valence-corrected chi connectivity index (χ3v) is 5.98. The lowest BCUT2D eigenvalue weighted by molar-refractivity contribution is 0.292. The van der Waals surface area contributed by atoms with Gasteiger partial charge in [0.15, 0.2) is 0 Å². The molecule has 0 heterocycles. The monoisotopic (exact) mass is 361 g/mol. The molecule has 0 saturated heterocycles. The highest BCUT2D eigenvalue weighted by molar-refractivity contribution is 7.91. The minimum Gasteiger partial charge on any atom is -0.492 e. The molecule has 2 aromatic carbocycles. The lowest BCUT2D eigenvalue weighted by Gasteiger charge is -2.13. The van der Waals surface area contributed by atoms with Crippen LogP contribution in [0, 0.1) is 6.92 Å². The third kappa shape index (κ3) is 5.31. The van der Waals surface area contributed by atoms with Crippen LogP contribution >= 0.6 is 0 Å². The summed E-state index contributed by atoms with van der Waals surface area (Å²) in [5.74, 6) is 0.429. The first-order valence-electron chi connectivity index (χ1n) is 8.60. The molecular weight excluding hydrogens is 334 g/mol. The molecule has 136 valence electrons. The van der Waals surface area contributed by atoms with E-state index in [2.05, 4.69) is 19.0 Å².